The highest BCUT2D eigenvalue weighted by atomic mass is 16.3. The zero-order valence-corrected chi connectivity index (χ0v) is 11.8. The number of aliphatic hydroxyl groups is 2. The zero-order valence-electron chi connectivity index (χ0n) is 11.8. The quantitative estimate of drug-likeness (QED) is 0.652. The second-order valence-electron chi connectivity index (χ2n) is 7.22. The van der Waals surface area contributed by atoms with Gasteiger partial charge in [-0.3, -0.25) is 4.90 Å². The molecule has 0 amide bonds. The number of piperidine rings is 2. The molecule has 4 aliphatic rings. The Balaban J connectivity index is 1.87. The summed E-state index contributed by atoms with van der Waals surface area (Å²) in [5, 5.41) is 21.2. The molecule has 2 aliphatic carbocycles. The van der Waals surface area contributed by atoms with Gasteiger partial charge in [-0.05, 0) is 58.0 Å². The Bertz CT molecular complexity index is 419. The fraction of sp³-hybridized carbons (Fsp3) is 0.875. The van der Waals surface area contributed by atoms with Crippen LogP contribution in [0.15, 0.2) is 11.6 Å². The summed E-state index contributed by atoms with van der Waals surface area (Å²) in [6, 6.07) is 0. The van der Waals surface area contributed by atoms with Gasteiger partial charge in [-0.1, -0.05) is 11.6 Å². The minimum atomic E-state index is -0.545. The van der Waals surface area contributed by atoms with Crippen molar-refractivity contribution in [2.45, 2.75) is 56.8 Å². The predicted molar refractivity (Wildman–Crippen MR) is 73.6 cm³/mol. The van der Waals surface area contributed by atoms with Crippen LogP contribution in [0.4, 0.5) is 0 Å². The lowest BCUT2D eigenvalue weighted by Crippen LogP contribution is -2.73. The molecule has 3 fully saturated rings. The van der Waals surface area contributed by atoms with E-state index in [2.05, 4.69) is 17.9 Å². The average molecular weight is 263 g/mol. The Hall–Kier alpha value is -0.380. The fourth-order valence-electron chi connectivity index (χ4n) is 5.89. The van der Waals surface area contributed by atoms with Gasteiger partial charge in [-0.25, -0.2) is 0 Å². The molecule has 0 aromatic carbocycles. The smallest absolute Gasteiger partial charge is 0.0868 e. The van der Waals surface area contributed by atoms with Gasteiger partial charge >= 0.3 is 0 Å². The molecule has 0 radical (unpaired) electrons. The van der Waals surface area contributed by atoms with E-state index in [1.165, 1.54) is 37.9 Å². The molecule has 3 heteroatoms. The maximum absolute atomic E-state index is 10.6. The fourth-order valence-corrected chi connectivity index (χ4v) is 5.89. The molecule has 2 N–H and O–H groups in total. The van der Waals surface area contributed by atoms with Crippen LogP contribution >= 0.6 is 0 Å². The molecule has 1 saturated carbocycles. The number of aliphatic hydroxyl groups excluding tert-OH is 2. The highest BCUT2D eigenvalue weighted by Crippen LogP contribution is 2.58. The lowest BCUT2D eigenvalue weighted by atomic mass is 9.50. The van der Waals surface area contributed by atoms with E-state index in [9.17, 15) is 10.2 Å². The minimum absolute atomic E-state index is 0.165. The molecule has 2 heterocycles. The van der Waals surface area contributed by atoms with E-state index in [0.717, 1.165) is 12.8 Å². The minimum Gasteiger partial charge on any atom is -0.390 e. The van der Waals surface area contributed by atoms with Crippen molar-refractivity contribution in [1.29, 1.82) is 0 Å². The zero-order chi connectivity index (χ0) is 13.2. The number of nitrogens with zero attached hydrogens (tertiary/aromatic N) is 1. The van der Waals surface area contributed by atoms with E-state index in [1.807, 2.05) is 0 Å². The van der Waals surface area contributed by atoms with Gasteiger partial charge in [0.1, 0.15) is 0 Å². The van der Waals surface area contributed by atoms with Crippen LogP contribution in [-0.2, 0) is 0 Å². The van der Waals surface area contributed by atoms with Gasteiger partial charge in [0.15, 0.2) is 0 Å². The van der Waals surface area contributed by atoms with Crippen LogP contribution in [0.5, 0.6) is 0 Å². The average Bonchev–Trinajstić information content (AvgIpc) is 2.40. The molecule has 2 aliphatic heterocycles. The summed E-state index contributed by atoms with van der Waals surface area (Å²) in [6.45, 7) is 4.59. The van der Waals surface area contributed by atoms with E-state index in [-0.39, 0.29) is 17.4 Å². The molecule has 1 spiro atoms. The van der Waals surface area contributed by atoms with Crippen molar-refractivity contribution < 1.29 is 10.2 Å². The number of hydrogen-bond acceptors (Lipinski definition) is 3. The highest BCUT2D eigenvalue weighted by Gasteiger charge is 2.63. The molecule has 4 rings (SSSR count). The SMILES string of the molecule is CC1=C[C@@H]2[C@H](O)[C@@H](O)[C@H]3CCCN4CCC[C@H]2[C@@]34C1. The van der Waals surface area contributed by atoms with Gasteiger partial charge in [-0.2, -0.15) is 0 Å². The number of rotatable bonds is 0. The molecule has 19 heavy (non-hydrogen) atoms. The van der Waals surface area contributed by atoms with E-state index < -0.39 is 12.2 Å². The standard InChI is InChI=1S/C16H25NO2/c1-10-8-11-12-4-2-6-17-7-3-5-13(15(19)14(11)18)16(12,17)9-10/h8,11-15,18-19H,2-7,9H2,1H3/t11-,12+,13+,14-,15-,16-/m0/s1. The second-order valence-corrected chi connectivity index (χ2v) is 7.22. The second kappa shape index (κ2) is 4.06. The number of hydrogen-bond donors (Lipinski definition) is 2. The van der Waals surface area contributed by atoms with Crippen molar-refractivity contribution in [1.82, 2.24) is 4.90 Å². The first-order chi connectivity index (χ1) is 9.14. The normalized spacial score (nSPS) is 53.4. The van der Waals surface area contributed by atoms with Crippen molar-refractivity contribution in [3.8, 4) is 0 Å². The van der Waals surface area contributed by atoms with Gasteiger partial charge in [0.05, 0.1) is 12.2 Å². The molecular weight excluding hydrogens is 238 g/mol. The Kier molecular flexibility index (Phi) is 2.64. The first-order valence-electron chi connectivity index (χ1n) is 7.93. The van der Waals surface area contributed by atoms with Gasteiger partial charge < -0.3 is 10.2 Å². The van der Waals surface area contributed by atoms with Crippen molar-refractivity contribution in [3.63, 3.8) is 0 Å². The van der Waals surface area contributed by atoms with E-state index in [4.69, 9.17) is 0 Å². The van der Waals surface area contributed by atoms with Crippen LogP contribution in [0.1, 0.15) is 39.0 Å². The molecular formula is C16H25NO2. The van der Waals surface area contributed by atoms with E-state index in [1.54, 1.807) is 0 Å². The maximum atomic E-state index is 10.6. The van der Waals surface area contributed by atoms with Crippen molar-refractivity contribution in [3.05, 3.63) is 11.6 Å². The molecule has 0 unspecified atom stereocenters. The predicted octanol–water partition coefficient (Wildman–Crippen LogP) is 1.55. The Labute approximate surface area is 115 Å². The Morgan fingerprint density at radius 1 is 1.11 bits per heavy atom. The topological polar surface area (TPSA) is 43.7 Å². The first kappa shape index (κ1) is 12.4. The summed E-state index contributed by atoms with van der Waals surface area (Å²) in [5.74, 6) is 1.02. The van der Waals surface area contributed by atoms with Crippen LogP contribution in [0, 0.1) is 17.8 Å². The summed E-state index contributed by atoms with van der Waals surface area (Å²) in [7, 11) is 0. The summed E-state index contributed by atoms with van der Waals surface area (Å²) in [6.07, 6.45) is 7.06. The monoisotopic (exact) mass is 263 g/mol. The van der Waals surface area contributed by atoms with Crippen LogP contribution in [0.3, 0.4) is 0 Å². The van der Waals surface area contributed by atoms with Crippen LogP contribution in [-0.4, -0.2) is 45.9 Å². The van der Waals surface area contributed by atoms with Crippen molar-refractivity contribution in [2.75, 3.05) is 13.1 Å². The Morgan fingerprint density at radius 3 is 2.53 bits per heavy atom. The maximum Gasteiger partial charge on any atom is 0.0868 e. The van der Waals surface area contributed by atoms with E-state index >= 15 is 0 Å². The molecule has 0 aromatic heterocycles. The highest BCUT2D eigenvalue weighted by molar-refractivity contribution is 5.27. The lowest BCUT2D eigenvalue weighted by Gasteiger charge is -2.66. The first-order valence-corrected chi connectivity index (χ1v) is 7.93. The van der Waals surface area contributed by atoms with E-state index in [0.29, 0.717) is 5.92 Å². The summed E-state index contributed by atoms with van der Waals surface area (Å²) < 4.78 is 0. The lowest BCUT2D eigenvalue weighted by molar-refractivity contribution is -0.204. The molecule has 2 bridgehead atoms. The van der Waals surface area contributed by atoms with Crippen molar-refractivity contribution in [2.24, 2.45) is 17.8 Å². The molecule has 0 aromatic rings. The molecule has 6 atom stereocenters. The molecule has 106 valence electrons. The summed E-state index contributed by atoms with van der Waals surface area (Å²) in [5.41, 5.74) is 1.59. The third-order valence-electron chi connectivity index (χ3n) is 6.42. The van der Waals surface area contributed by atoms with Gasteiger partial charge in [0.25, 0.3) is 0 Å². The van der Waals surface area contributed by atoms with Crippen LogP contribution in [0.25, 0.3) is 0 Å². The largest absolute Gasteiger partial charge is 0.390 e. The summed E-state index contributed by atoms with van der Waals surface area (Å²) in [4.78, 5) is 2.67. The van der Waals surface area contributed by atoms with Gasteiger partial charge in [0.2, 0.25) is 0 Å². The summed E-state index contributed by atoms with van der Waals surface area (Å²) >= 11 is 0. The van der Waals surface area contributed by atoms with Crippen molar-refractivity contribution >= 4 is 0 Å². The van der Waals surface area contributed by atoms with Crippen LogP contribution in [0.2, 0.25) is 0 Å². The van der Waals surface area contributed by atoms with Crippen LogP contribution < -0.4 is 0 Å². The third-order valence-corrected chi connectivity index (χ3v) is 6.42. The van der Waals surface area contributed by atoms with Gasteiger partial charge in [0, 0.05) is 17.4 Å². The molecule has 2 saturated heterocycles. The Morgan fingerprint density at radius 2 is 1.79 bits per heavy atom. The third kappa shape index (κ3) is 1.44. The molecule has 3 nitrogen and oxygen atoms in total. The van der Waals surface area contributed by atoms with Gasteiger partial charge in [-0.15, -0.1) is 0 Å².